The molecule has 1 heterocycles. The zero-order valence-corrected chi connectivity index (χ0v) is 13.0. The van der Waals surface area contributed by atoms with Crippen molar-refractivity contribution in [2.24, 2.45) is 5.73 Å². The highest BCUT2D eigenvalue weighted by molar-refractivity contribution is 7.99. The second-order valence-electron chi connectivity index (χ2n) is 5.12. The van der Waals surface area contributed by atoms with Crippen LogP contribution in [-0.4, -0.2) is 34.5 Å². The zero-order chi connectivity index (χ0) is 14.0. The number of benzene rings is 1. The Bertz CT molecular complexity index is 488. The van der Waals surface area contributed by atoms with E-state index in [1.165, 1.54) is 0 Å². The van der Waals surface area contributed by atoms with Crippen LogP contribution in [0, 0.1) is 0 Å². The second-order valence-corrected chi connectivity index (χ2v) is 6.86. The van der Waals surface area contributed by atoms with Crippen molar-refractivity contribution in [3.8, 4) is 0 Å². The summed E-state index contributed by atoms with van der Waals surface area (Å²) in [6.07, 6.45) is 0.773. The molecule has 3 nitrogen and oxygen atoms in total. The van der Waals surface area contributed by atoms with Gasteiger partial charge in [0.05, 0.1) is 5.60 Å². The standard InChI is InChI=1S/C14H20N2OS2/c1-3-19-11-6-4-5-10(12(11)13(15)18)16-8-7-14(2,17)9-16/h4-6,17H,3,7-9H2,1-2H3,(H2,15,18). The Morgan fingerprint density at radius 2 is 2.32 bits per heavy atom. The molecular weight excluding hydrogens is 276 g/mol. The number of thiocarbonyl (C=S) groups is 1. The molecule has 0 bridgehead atoms. The largest absolute Gasteiger partial charge is 0.389 e. The molecule has 5 heteroatoms. The molecule has 1 aromatic rings. The van der Waals surface area contributed by atoms with E-state index in [4.69, 9.17) is 18.0 Å². The first kappa shape index (κ1) is 14.6. The van der Waals surface area contributed by atoms with Gasteiger partial charge in [-0.1, -0.05) is 25.2 Å². The number of thioether (sulfide) groups is 1. The fourth-order valence-corrected chi connectivity index (χ4v) is 3.58. The van der Waals surface area contributed by atoms with E-state index in [-0.39, 0.29) is 0 Å². The normalized spacial score (nSPS) is 22.8. The molecule has 1 aromatic carbocycles. The summed E-state index contributed by atoms with van der Waals surface area (Å²) >= 11 is 6.97. The molecule has 0 aliphatic carbocycles. The van der Waals surface area contributed by atoms with Crippen molar-refractivity contribution in [3.05, 3.63) is 23.8 Å². The van der Waals surface area contributed by atoms with Crippen molar-refractivity contribution in [2.45, 2.75) is 30.8 Å². The van der Waals surface area contributed by atoms with E-state index in [9.17, 15) is 5.11 Å². The van der Waals surface area contributed by atoms with Crippen LogP contribution in [0.1, 0.15) is 25.8 Å². The Morgan fingerprint density at radius 1 is 1.58 bits per heavy atom. The van der Waals surface area contributed by atoms with Crippen molar-refractivity contribution in [2.75, 3.05) is 23.7 Å². The third-order valence-electron chi connectivity index (χ3n) is 3.34. The van der Waals surface area contributed by atoms with Crippen LogP contribution in [0.3, 0.4) is 0 Å². The molecule has 2 rings (SSSR count). The number of hydrogen-bond donors (Lipinski definition) is 2. The quantitative estimate of drug-likeness (QED) is 0.660. The summed E-state index contributed by atoms with van der Waals surface area (Å²) in [5.74, 6) is 0.983. The first-order chi connectivity index (χ1) is 8.94. The van der Waals surface area contributed by atoms with Crippen molar-refractivity contribution in [1.82, 2.24) is 0 Å². The molecule has 3 N–H and O–H groups in total. The van der Waals surface area contributed by atoms with Crippen molar-refractivity contribution >= 4 is 34.7 Å². The molecule has 1 aliphatic rings. The molecule has 0 spiro atoms. The maximum Gasteiger partial charge on any atom is 0.107 e. The Hall–Kier alpha value is -0.780. The van der Waals surface area contributed by atoms with Crippen LogP contribution < -0.4 is 10.6 Å². The van der Waals surface area contributed by atoms with Crippen molar-refractivity contribution in [3.63, 3.8) is 0 Å². The molecule has 1 unspecified atom stereocenters. The molecule has 0 radical (unpaired) electrons. The predicted octanol–water partition coefficient (Wildman–Crippen LogP) is 2.39. The van der Waals surface area contributed by atoms with E-state index in [2.05, 4.69) is 17.9 Å². The second kappa shape index (κ2) is 5.69. The fourth-order valence-electron chi connectivity index (χ4n) is 2.46. The SMILES string of the molecule is CCSc1cccc(N2CCC(C)(O)C2)c1C(N)=S. The minimum Gasteiger partial charge on any atom is -0.389 e. The molecule has 0 saturated carbocycles. The number of rotatable bonds is 4. The van der Waals surface area contributed by atoms with Gasteiger partial charge in [-0.05, 0) is 31.2 Å². The lowest BCUT2D eigenvalue weighted by Crippen LogP contribution is -2.31. The minimum absolute atomic E-state index is 0.429. The summed E-state index contributed by atoms with van der Waals surface area (Å²) in [6.45, 7) is 5.45. The Morgan fingerprint density at radius 3 is 2.84 bits per heavy atom. The van der Waals surface area contributed by atoms with Gasteiger partial charge in [0.15, 0.2) is 0 Å². The topological polar surface area (TPSA) is 49.5 Å². The fraction of sp³-hybridized carbons (Fsp3) is 0.500. The molecule has 1 atom stereocenters. The number of aliphatic hydroxyl groups is 1. The molecule has 19 heavy (non-hydrogen) atoms. The molecular formula is C14H20N2OS2. The lowest BCUT2D eigenvalue weighted by molar-refractivity contribution is 0.0839. The van der Waals surface area contributed by atoms with Gasteiger partial charge < -0.3 is 15.7 Å². The van der Waals surface area contributed by atoms with E-state index in [1.54, 1.807) is 11.8 Å². The van der Waals surface area contributed by atoms with E-state index >= 15 is 0 Å². The lowest BCUT2D eigenvalue weighted by atomic mass is 10.1. The number of β-amino-alcohol motifs (C(OH)–C–C–N with tert-alkyl or cyclic N) is 1. The Balaban J connectivity index is 2.40. The maximum atomic E-state index is 10.1. The van der Waals surface area contributed by atoms with E-state index < -0.39 is 5.60 Å². The van der Waals surface area contributed by atoms with Gasteiger partial charge in [0, 0.05) is 29.2 Å². The zero-order valence-electron chi connectivity index (χ0n) is 11.3. The molecule has 0 aromatic heterocycles. The maximum absolute atomic E-state index is 10.1. The van der Waals surface area contributed by atoms with Gasteiger partial charge in [0.25, 0.3) is 0 Å². The first-order valence-electron chi connectivity index (χ1n) is 6.47. The summed E-state index contributed by atoms with van der Waals surface area (Å²) in [5.41, 5.74) is 7.28. The highest BCUT2D eigenvalue weighted by Gasteiger charge is 2.32. The third-order valence-corrected chi connectivity index (χ3v) is 4.49. The average Bonchev–Trinajstić information content (AvgIpc) is 2.69. The highest BCUT2D eigenvalue weighted by atomic mass is 32.2. The molecule has 0 amide bonds. The highest BCUT2D eigenvalue weighted by Crippen LogP contribution is 2.34. The molecule has 1 aliphatic heterocycles. The molecule has 1 saturated heterocycles. The monoisotopic (exact) mass is 296 g/mol. The molecule has 1 fully saturated rings. The van der Waals surface area contributed by atoms with Crippen LogP contribution >= 0.6 is 24.0 Å². The van der Waals surface area contributed by atoms with E-state index in [1.807, 2.05) is 19.1 Å². The van der Waals surface area contributed by atoms with Crippen LogP contribution in [-0.2, 0) is 0 Å². The van der Waals surface area contributed by atoms with Crippen LogP contribution in [0.5, 0.6) is 0 Å². The van der Waals surface area contributed by atoms with Crippen LogP contribution in [0.2, 0.25) is 0 Å². The van der Waals surface area contributed by atoms with E-state index in [0.29, 0.717) is 11.5 Å². The summed E-state index contributed by atoms with van der Waals surface area (Å²) in [4.78, 5) is 3.73. The third kappa shape index (κ3) is 3.22. The van der Waals surface area contributed by atoms with Crippen LogP contribution in [0.25, 0.3) is 0 Å². The number of nitrogens with two attached hydrogens (primary N) is 1. The summed E-state index contributed by atoms with van der Waals surface area (Å²) in [7, 11) is 0. The van der Waals surface area contributed by atoms with Crippen LogP contribution in [0.4, 0.5) is 5.69 Å². The van der Waals surface area contributed by atoms with E-state index in [0.717, 1.165) is 34.9 Å². The predicted molar refractivity (Wildman–Crippen MR) is 86.2 cm³/mol. The van der Waals surface area contributed by atoms with Crippen molar-refractivity contribution < 1.29 is 5.11 Å². The number of anilines is 1. The summed E-state index contributed by atoms with van der Waals surface area (Å²) < 4.78 is 0. The Labute approximate surface area is 124 Å². The summed E-state index contributed by atoms with van der Waals surface area (Å²) in [6, 6.07) is 6.12. The van der Waals surface area contributed by atoms with Gasteiger partial charge in [-0.25, -0.2) is 0 Å². The minimum atomic E-state index is -0.624. The van der Waals surface area contributed by atoms with Gasteiger partial charge in [0.2, 0.25) is 0 Å². The van der Waals surface area contributed by atoms with Gasteiger partial charge >= 0.3 is 0 Å². The summed E-state index contributed by atoms with van der Waals surface area (Å²) in [5, 5.41) is 10.1. The smallest absolute Gasteiger partial charge is 0.107 e. The van der Waals surface area contributed by atoms with Gasteiger partial charge in [-0.2, -0.15) is 0 Å². The Kier molecular flexibility index (Phi) is 4.38. The number of hydrogen-bond acceptors (Lipinski definition) is 4. The number of nitrogens with zero attached hydrogens (tertiary/aromatic N) is 1. The lowest BCUT2D eigenvalue weighted by Gasteiger charge is -2.24. The van der Waals surface area contributed by atoms with Gasteiger partial charge in [-0.3, -0.25) is 0 Å². The van der Waals surface area contributed by atoms with Gasteiger partial charge in [-0.15, -0.1) is 11.8 Å². The van der Waals surface area contributed by atoms with Crippen molar-refractivity contribution in [1.29, 1.82) is 0 Å². The van der Waals surface area contributed by atoms with Crippen LogP contribution in [0.15, 0.2) is 23.1 Å². The van der Waals surface area contributed by atoms with Gasteiger partial charge in [0.1, 0.15) is 4.99 Å². The molecule has 104 valence electrons. The average molecular weight is 296 g/mol. The first-order valence-corrected chi connectivity index (χ1v) is 7.87.